The van der Waals surface area contributed by atoms with Gasteiger partial charge in [-0.2, -0.15) is 0 Å². The van der Waals surface area contributed by atoms with Crippen LogP contribution < -0.4 is 11.1 Å². The minimum Gasteiger partial charge on any atom is -0.383 e. The van der Waals surface area contributed by atoms with Crippen molar-refractivity contribution in [2.45, 2.75) is 73.3 Å². The van der Waals surface area contributed by atoms with Crippen LogP contribution in [0, 0.1) is 12.3 Å². The predicted molar refractivity (Wildman–Crippen MR) is 87.0 cm³/mol. The molecule has 1 rings (SSSR count). The first-order valence-corrected chi connectivity index (χ1v) is 7.45. The second-order valence-electron chi connectivity index (χ2n) is 7.50. The summed E-state index contributed by atoms with van der Waals surface area (Å²) in [6.07, 6.45) is 2.93. The lowest BCUT2D eigenvalue weighted by Crippen LogP contribution is -2.36. The number of rotatable bonds is 5. The van der Waals surface area contributed by atoms with Gasteiger partial charge in [0, 0.05) is 17.5 Å². The van der Waals surface area contributed by atoms with E-state index in [1.165, 1.54) is 0 Å². The molecule has 0 atom stereocenters. The maximum Gasteiger partial charge on any atom is 0.135 e. The first kappa shape index (κ1) is 16.7. The summed E-state index contributed by atoms with van der Waals surface area (Å²) in [6, 6.07) is 0. The molecule has 1 heterocycles. The van der Waals surface area contributed by atoms with E-state index in [0.29, 0.717) is 5.82 Å². The molecule has 0 saturated heterocycles. The molecule has 1 aromatic heterocycles. The normalized spacial score (nSPS) is 12.6. The first-order chi connectivity index (χ1) is 9.04. The highest BCUT2D eigenvalue weighted by molar-refractivity contribution is 5.55. The van der Waals surface area contributed by atoms with Crippen LogP contribution in [0.1, 0.15) is 65.8 Å². The van der Waals surface area contributed by atoms with Gasteiger partial charge in [0.2, 0.25) is 0 Å². The Morgan fingerprint density at radius 1 is 1.10 bits per heavy atom. The largest absolute Gasteiger partial charge is 0.383 e. The van der Waals surface area contributed by atoms with E-state index in [0.717, 1.165) is 36.5 Å². The quantitative estimate of drug-likeness (QED) is 0.856. The monoisotopic (exact) mass is 278 g/mol. The summed E-state index contributed by atoms with van der Waals surface area (Å²) in [6.45, 7) is 15.3. The fraction of sp³-hybridized carbons (Fsp3) is 0.750. The third kappa shape index (κ3) is 4.99. The number of anilines is 2. The Morgan fingerprint density at radius 3 is 2.20 bits per heavy atom. The number of hydrogen-bond acceptors (Lipinski definition) is 4. The predicted octanol–water partition coefficient (Wildman–Crippen LogP) is 3.95. The number of aromatic nitrogens is 2. The Kier molecular flexibility index (Phi) is 5.00. The second-order valence-corrected chi connectivity index (χ2v) is 7.50. The van der Waals surface area contributed by atoms with Crippen molar-refractivity contribution >= 4 is 11.6 Å². The van der Waals surface area contributed by atoms with E-state index >= 15 is 0 Å². The first-order valence-electron chi connectivity index (χ1n) is 7.45. The molecule has 0 unspecified atom stereocenters. The molecule has 0 aliphatic rings. The summed E-state index contributed by atoms with van der Waals surface area (Å²) in [7, 11) is 0. The summed E-state index contributed by atoms with van der Waals surface area (Å²) in [5, 5.41) is 3.55. The van der Waals surface area contributed by atoms with Gasteiger partial charge in [-0.1, -0.05) is 27.7 Å². The molecule has 1 aromatic rings. The van der Waals surface area contributed by atoms with Crippen LogP contribution in [-0.2, 0) is 6.42 Å². The minimum absolute atomic E-state index is 0.0344. The smallest absolute Gasteiger partial charge is 0.135 e. The number of nitrogens with one attached hydrogen (secondary N) is 1. The highest BCUT2D eigenvalue weighted by Crippen LogP contribution is 2.30. The van der Waals surface area contributed by atoms with E-state index in [-0.39, 0.29) is 11.0 Å². The molecule has 0 aliphatic carbocycles. The molecule has 0 saturated carbocycles. The van der Waals surface area contributed by atoms with Crippen molar-refractivity contribution in [3.05, 3.63) is 11.4 Å². The fourth-order valence-corrected chi connectivity index (χ4v) is 2.73. The molecule has 114 valence electrons. The van der Waals surface area contributed by atoms with Crippen molar-refractivity contribution in [3.63, 3.8) is 0 Å². The molecular weight excluding hydrogens is 248 g/mol. The molecular formula is C16H30N4. The van der Waals surface area contributed by atoms with Gasteiger partial charge in [-0.3, -0.25) is 0 Å². The Hall–Kier alpha value is -1.32. The zero-order chi connectivity index (χ0) is 15.6. The Bertz CT molecular complexity index is 458. The third-order valence-corrected chi connectivity index (χ3v) is 3.13. The number of hydrogen-bond donors (Lipinski definition) is 2. The van der Waals surface area contributed by atoms with E-state index in [1.54, 1.807) is 0 Å². The van der Waals surface area contributed by atoms with Gasteiger partial charge in [-0.05, 0) is 39.0 Å². The Labute approximate surface area is 123 Å². The van der Waals surface area contributed by atoms with Crippen LogP contribution in [0.5, 0.6) is 0 Å². The van der Waals surface area contributed by atoms with Crippen molar-refractivity contribution in [3.8, 4) is 0 Å². The average molecular weight is 278 g/mol. The van der Waals surface area contributed by atoms with E-state index in [1.807, 2.05) is 6.92 Å². The maximum atomic E-state index is 6.01. The molecule has 0 fully saturated rings. The zero-order valence-corrected chi connectivity index (χ0v) is 14.1. The van der Waals surface area contributed by atoms with Gasteiger partial charge >= 0.3 is 0 Å². The van der Waals surface area contributed by atoms with E-state index in [4.69, 9.17) is 5.73 Å². The van der Waals surface area contributed by atoms with Crippen LogP contribution in [0.2, 0.25) is 0 Å². The molecule has 0 aromatic carbocycles. The molecule has 4 nitrogen and oxygen atoms in total. The van der Waals surface area contributed by atoms with Gasteiger partial charge in [0.05, 0.1) is 0 Å². The molecule has 3 N–H and O–H groups in total. The highest BCUT2D eigenvalue weighted by atomic mass is 15.1. The highest BCUT2D eigenvalue weighted by Gasteiger charge is 2.26. The molecule has 0 spiro atoms. The SMILES string of the molecule is CCCc1nc(N)c(C)c(NC(C)(C)CC(C)(C)C)n1. The lowest BCUT2D eigenvalue weighted by Gasteiger charge is -2.34. The van der Waals surface area contributed by atoms with Gasteiger partial charge in [-0.15, -0.1) is 0 Å². The summed E-state index contributed by atoms with van der Waals surface area (Å²) in [5.41, 5.74) is 7.17. The summed E-state index contributed by atoms with van der Waals surface area (Å²) < 4.78 is 0. The maximum absolute atomic E-state index is 6.01. The van der Waals surface area contributed by atoms with Gasteiger partial charge in [-0.25, -0.2) is 9.97 Å². The van der Waals surface area contributed by atoms with Crippen LogP contribution in [0.15, 0.2) is 0 Å². The summed E-state index contributed by atoms with van der Waals surface area (Å²) in [4.78, 5) is 8.99. The topological polar surface area (TPSA) is 63.8 Å². The standard InChI is InChI=1S/C16H30N4/c1-8-9-12-18-13(17)11(2)14(19-12)20-16(6,7)10-15(3,4)5/h8-10H2,1-7H3,(H3,17,18,19,20). The molecule has 0 aliphatic heterocycles. The van der Waals surface area contributed by atoms with Crippen LogP contribution in [0.3, 0.4) is 0 Å². The molecule has 20 heavy (non-hydrogen) atoms. The lowest BCUT2D eigenvalue weighted by atomic mass is 9.82. The van der Waals surface area contributed by atoms with Crippen LogP contribution in [0.4, 0.5) is 11.6 Å². The molecule has 0 radical (unpaired) electrons. The summed E-state index contributed by atoms with van der Waals surface area (Å²) >= 11 is 0. The zero-order valence-electron chi connectivity index (χ0n) is 14.1. The molecule has 0 amide bonds. The Morgan fingerprint density at radius 2 is 1.70 bits per heavy atom. The second kappa shape index (κ2) is 5.98. The van der Waals surface area contributed by atoms with Crippen molar-refractivity contribution < 1.29 is 0 Å². The number of nitrogen functional groups attached to an aromatic ring is 1. The van der Waals surface area contributed by atoms with Crippen LogP contribution >= 0.6 is 0 Å². The van der Waals surface area contributed by atoms with Crippen molar-refractivity contribution in [2.75, 3.05) is 11.1 Å². The van der Waals surface area contributed by atoms with E-state index in [9.17, 15) is 0 Å². The minimum atomic E-state index is -0.0344. The lowest BCUT2D eigenvalue weighted by molar-refractivity contribution is 0.302. The number of nitrogens with two attached hydrogens (primary N) is 1. The van der Waals surface area contributed by atoms with Gasteiger partial charge in [0.1, 0.15) is 17.5 Å². The van der Waals surface area contributed by atoms with Crippen LogP contribution in [0.25, 0.3) is 0 Å². The number of aryl methyl sites for hydroxylation is 1. The molecule has 0 bridgehead atoms. The van der Waals surface area contributed by atoms with Crippen molar-refractivity contribution in [2.24, 2.45) is 5.41 Å². The van der Waals surface area contributed by atoms with Crippen molar-refractivity contribution in [1.82, 2.24) is 9.97 Å². The fourth-order valence-electron chi connectivity index (χ4n) is 2.73. The number of nitrogens with zero attached hydrogens (tertiary/aromatic N) is 2. The van der Waals surface area contributed by atoms with Gasteiger partial charge < -0.3 is 11.1 Å². The van der Waals surface area contributed by atoms with Gasteiger partial charge in [0.15, 0.2) is 0 Å². The summed E-state index contributed by atoms with van der Waals surface area (Å²) in [5.74, 6) is 2.28. The van der Waals surface area contributed by atoms with E-state index in [2.05, 4.69) is 56.8 Å². The van der Waals surface area contributed by atoms with Crippen LogP contribution in [-0.4, -0.2) is 15.5 Å². The average Bonchev–Trinajstić information content (AvgIpc) is 2.21. The molecule has 4 heteroatoms. The third-order valence-electron chi connectivity index (χ3n) is 3.13. The van der Waals surface area contributed by atoms with Gasteiger partial charge in [0.25, 0.3) is 0 Å². The van der Waals surface area contributed by atoms with Crippen molar-refractivity contribution in [1.29, 1.82) is 0 Å². The Balaban J connectivity index is 3.01. The van der Waals surface area contributed by atoms with E-state index < -0.39 is 0 Å².